The summed E-state index contributed by atoms with van der Waals surface area (Å²) in [6.07, 6.45) is 5.92. The second-order valence-corrected chi connectivity index (χ2v) is 6.38. The number of rotatable bonds is 6. The largest absolute Gasteiger partial charge is 0.460 e. The van der Waals surface area contributed by atoms with Crippen LogP contribution >= 0.6 is 0 Å². The molecule has 1 aliphatic heterocycles. The van der Waals surface area contributed by atoms with Crippen molar-refractivity contribution < 1.29 is 4.42 Å². The molecule has 130 valence electrons. The van der Waals surface area contributed by atoms with Gasteiger partial charge in [0, 0.05) is 37.4 Å². The summed E-state index contributed by atoms with van der Waals surface area (Å²) in [6.45, 7) is 4.63. The van der Waals surface area contributed by atoms with Crippen LogP contribution in [0.2, 0.25) is 0 Å². The smallest absolute Gasteiger partial charge is 0.152 e. The monoisotopic (exact) mass is 338 g/mol. The van der Waals surface area contributed by atoms with Crippen molar-refractivity contribution in [3.05, 3.63) is 48.0 Å². The van der Waals surface area contributed by atoms with Gasteiger partial charge < -0.3 is 14.6 Å². The van der Waals surface area contributed by atoms with Crippen LogP contribution in [0.25, 0.3) is 11.5 Å². The summed E-state index contributed by atoms with van der Waals surface area (Å²) >= 11 is 0. The fraction of sp³-hybridized carbons (Fsp3) is 0.389. The molecule has 25 heavy (non-hydrogen) atoms. The van der Waals surface area contributed by atoms with Crippen LogP contribution in [0.3, 0.4) is 0 Å². The molecule has 1 fully saturated rings. The van der Waals surface area contributed by atoms with Crippen LogP contribution in [0.1, 0.15) is 24.2 Å². The number of furan rings is 1. The second-order valence-electron chi connectivity index (χ2n) is 6.38. The van der Waals surface area contributed by atoms with Crippen molar-refractivity contribution in [1.29, 1.82) is 0 Å². The molecule has 1 saturated heterocycles. The molecule has 0 saturated carbocycles. The minimum atomic E-state index is 0.443. The van der Waals surface area contributed by atoms with Crippen molar-refractivity contribution in [2.45, 2.75) is 32.4 Å². The zero-order chi connectivity index (χ0) is 17.1. The van der Waals surface area contributed by atoms with E-state index in [1.807, 2.05) is 37.4 Å². The van der Waals surface area contributed by atoms with Crippen molar-refractivity contribution in [1.82, 2.24) is 25.7 Å². The summed E-state index contributed by atoms with van der Waals surface area (Å²) in [6, 6.07) is 8.34. The van der Waals surface area contributed by atoms with Crippen molar-refractivity contribution in [2.75, 3.05) is 18.0 Å². The molecule has 7 heteroatoms. The number of nitrogens with zero attached hydrogens (tertiary/aromatic N) is 4. The highest BCUT2D eigenvalue weighted by Crippen LogP contribution is 2.24. The fourth-order valence-electron chi connectivity index (χ4n) is 3.40. The maximum Gasteiger partial charge on any atom is 0.152 e. The molecule has 4 heterocycles. The van der Waals surface area contributed by atoms with Gasteiger partial charge in [-0.25, -0.2) is 0 Å². The molecule has 0 aromatic carbocycles. The third kappa shape index (κ3) is 3.41. The molecule has 0 aliphatic carbocycles. The van der Waals surface area contributed by atoms with E-state index in [1.54, 1.807) is 6.20 Å². The van der Waals surface area contributed by atoms with Crippen LogP contribution in [0.5, 0.6) is 0 Å². The first-order valence-corrected chi connectivity index (χ1v) is 8.65. The number of aromatic amines is 1. The van der Waals surface area contributed by atoms with E-state index in [0.29, 0.717) is 6.04 Å². The summed E-state index contributed by atoms with van der Waals surface area (Å²) in [4.78, 5) is 2.34. The van der Waals surface area contributed by atoms with Crippen molar-refractivity contribution in [3.8, 4) is 11.5 Å². The van der Waals surface area contributed by atoms with Gasteiger partial charge in [0.2, 0.25) is 0 Å². The number of aromatic nitrogens is 4. The number of anilines is 1. The van der Waals surface area contributed by atoms with E-state index in [2.05, 4.69) is 30.6 Å². The maximum absolute atomic E-state index is 5.70. The SMILES string of the molecule is Cc1ccc(-c2[nH]ncc2CNCC2CCCN2c2cccnn2)o1. The zero-order valence-corrected chi connectivity index (χ0v) is 14.3. The third-order valence-electron chi connectivity index (χ3n) is 4.63. The van der Waals surface area contributed by atoms with E-state index in [-0.39, 0.29) is 0 Å². The molecule has 1 atom stereocenters. The Labute approximate surface area is 146 Å². The van der Waals surface area contributed by atoms with Crippen LogP contribution < -0.4 is 10.2 Å². The van der Waals surface area contributed by atoms with Gasteiger partial charge in [0.1, 0.15) is 11.5 Å². The summed E-state index contributed by atoms with van der Waals surface area (Å²) in [5.74, 6) is 2.68. The van der Waals surface area contributed by atoms with Gasteiger partial charge in [-0.1, -0.05) is 0 Å². The van der Waals surface area contributed by atoms with E-state index in [1.165, 1.54) is 12.8 Å². The molecule has 4 rings (SSSR count). The minimum Gasteiger partial charge on any atom is -0.460 e. The van der Waals surface area contributed by atoms with E-state index in [4.69, 9.17) is 4.42 Å². The van der Waals surface area contributed by atoms with Gasteiger partial charge in [0.15, 0.2) is 11.6 Å². The predicted octanol–water partition coefficient (Wildman–Crippen LogP) is 2.53. The molecule has 0 spiro atoms. The summed E-state index contributed by atoms with van der Waals surface area (Å²) in [7, 11) is 0. The number of nitrogens with one attached hydrogen (secondary N) is 2. The molecule has 2 N–H and O–H groups in total. The number of hydrogen-bond donors (Lipinski definition) is 2. The molecule has 1 unspecified atom stereocenters. The fourth-order valence-corrected chi connectivity index (χ4v) is 3.40. The molecular formula is C18H22N6O. The van der Waals surface area contributed by atoms with Crippen molar-refractivity contribution in [2.24, 2.45) is 0 Å². The van der Waals surface area contributed by atoms with Crippen LogP contribution in [0.4, 0.5) is 5.82 Å². The Bertz CT molecular complexity index is 812. The molecule has 0 radical (unpaired) electrons. The second kappa shape index (κ2) is 7.06. The Hall–Kier alpha value is -2.67. The van der Waals surface area contributed by atoms with Gasteiger partial charge in [0.25, 0.3) is 0 Å². The van der Waals surface area contributed by atoms with Gasteiger partial charge >= 0.3 is 0 Å². The van der Waals surface area contributed by atoms with Gasteiger partial charge in [0.05, 0.1) is 6.20 Å². The van der Waals surface area contributed by atoms with Gasteiger partial charge in [-0.15, -0.1) is 5.10 Å². The first kappa shape index (κ1) is 15.8. The quantitative estimate of drug-likeness (QED) is 0.719. The molecule has 3 aromatic rings. The molecule has 3 aromatic heterocycles. The third-order valence-corrected chi connectivity index (χ3v) is 4.63. The van der Waals surface area contributed by atoms with Gasteiger partial charge in [-0.2, -0.15) is 10.2 Å². The summed E-state index contributed by atoms with van der Waals surface area (Å²) in [5, 5.41) is 19.0. The lowest BCUT2D eigenvalue weighted by Gasteiger charge is -2.25. The molecular weight excluding hydrogens is 316 g/mol. The standard InChI is InChI=1S/C18H22N6O/c1-13-6-7-16(25-13)18-14(11-21-23-18)10-19-12-15-4-3-9-24(15)17-5-2-8-20-22-17/h2,5-8,11,15,19H,3-4,9-10,12H2,1H3,(H,21,23). The number of aryl methyl sites for hydroxylation is 1. The molecule has 0 bridgehead atoms. The van der Waals surface area contributed by atoms with E-state index < -0.39 is 0 Å². The Balaban J connectivity index is 1.38. The highest BCUT2D eigenvalue weighted by atomic mass is 16.3. The van der Waals surface area contributed by atoms with Crippen molar-refractivity contribution in [3.63, 3.8) is 0 Å². The van der Waals surface area contributed by atoms with Gasteiger partial charge in [-0.3, -0.25) is 5.10 Å². The van der Waals surface area contributed by atoms with Crippen LogP contribution in [0.15, 0.2) is 41.1 Å². The van der Waals surface area contributed by atoms with Crippen LogP contribution in [-0.4, -0.2) is 39.5 Å². The normalized spacial score (nSPS) is 17.3. The number of H-pyrrole nitrogens is 1. The lowest BCUT2D eigenvalue weighted by atomic mass is 10.2. The van der Waals surface area contributed by atoms with Gasteiger partial charge in [-0.05, 0) is 44.0 Å². The number of hydrogen-bond acceptors (Lipinski definition) is 6. The van der Waals surface area contributed by atoms with E-state index in [0.717, 1.165) is 48.2 Å². The Kier molecular flexibility index (Phi) is 4.47. The highest BCUT2D eigenvalue weighted by Gasteiger charge is 2.25. The molecule has 7 nitrogen and oxygen atoms in total. The molecule has 1 aliphatic rings. The summed E-state index contributed by atoms with van der Waals surface area (Å²) < 4.78 is 5.70. The molecule has 0 amide bonds. The Morgan fingerprint density at radius 2 is 2.32 bits per heavy atom. The van der Waals surface area contributed by atoms with Crippen LogP contribution in [-0.2, 0) is 6.54 Å². The van der Waals surface area contributed by atoms with E-state index >= 15 is 0 Å². The van der Waals surface area contributed by atoms with Crippen molar-refractivity contribution >= 4 is 5.82 Å². The Morgan fingerprint density at radius 1 is 1.36 bits per heavy atom. The highest BCUT2D eigenvalue weighted by molar-refractivity contribution is 5.56. The lowest BCUT2D eigenvalue weighted by Crippen LogP contribution is -2.38. The lowest BCUT2D eigenvalue weighted by molar-refractivity contribution is 0.543. The average molecular weight is 338 g/mol. The Morgan fingerprint density at radius 3 is 3.12 bits per heavy atom. The zero-order valence-electron chi connectivity index (χ0n) is 14.3. The first-order chi connectivity index (χ1) is 12.3. The van der Waals surface area contributed by atoms with E-state index in [9.17, 15) is 0 Å². The predicted molar refractivity (Wildman–Crippen MR) is 95.1 cm³/mol. The first-order valence-electron chi connectivity index (χ1n) is 8.65. The maximum atomic E-state index is 5.70. The minimum absolute atomic E-state index is 0.443. The van der Waals surface area contributed by atoms with Crippen LogP contribution in [0, 0.1) is 6.92 Å². The average Bonchev–Trinajstić information content (AvgIpc) is 3.36. The topological polar surface area (TPSA) is 82.9 Å². The summed E-state index contributed by atoms with van der Waals surface area (Å²) in [5.41, 5.74) is 2.05.